The number of benzene rings is 4. The maximum atomic E-state index is 6.72. The van der Waals surface area contributed by atoms with Gasteiger partial charge in [0.25, 0.3) is 0 Å². The second kappa shape index (κ2) is 21.4. The molecule has 0 amide bonds. The average Bonchev–Trinajstić information content (AvgIpc) is 3.11. The van der Waals surface area contributed by atoms with Gasteiger partial charge in [-0.15, -0.1) is 0 Å². The number of unbranched alkanes of at least 4 members (excludes halogenated alkanes) is 15. The van der Waals surface area contributed by atoms with Crippen molar-refractivity contribution in [2.45, 2.75) is 136 Å². The summed E-state index contributed by atoms with van der Waals surface area (Å²) >= 11 is 0. The first kappa shape index (κ1) is 38.1. The van der Waals surface area contributed by atoms with Crippen LogP contribution in [0, 0.1) is 0 Å². The van der Waals surface area contributed by atoms with Gasteiger partial charge in [-0.1, -0.05) is 164 Å². The van der Waals surface area contributed by atoms with E-state index in [0.717, 1.165) is 58.3 Å². The molecule has 4 aromatic rings. The predicted molar refractivity (Wildman–Crippen MR) is 209 cm³/mol. The van der Waals surface area contributed by atoms with E-state index in [1.165, 1.54) is 96.3 Å². The van der Waals surface area contributed by atoms with E-state index >= 15 is 0 Å². The topological polar surface area (TPSA) is 27.7 Å². The van der Waals surface area contributed by atoms with E-state index < -0.39 is 0 Å². The fourth-order valence-electron chi connectivity index (χ4n) is 6.35. The van der Waals surface area contributed by atoms with Gasteiger partial charge in [0.1, 0.15) is 28.6 Å². The minimum Gasteiger partial charge on any atom is -0.494 e. The van der Waals surface area contributed by atoms with Gasteiger partial charge in [0.15, 0.2) is 0 Å². The molecule has 3 nitrogen and oxygen atoms in total. The highest BCUT2D eigenvalue weighted by molar-refractivity contribution is 5.84. The lowest BCUT2D eigenvalue weighted by Gasteiger charge is -2.22. The zero-order valence-corrected chi connectivity index (χ0v) is 31.0. The molecule has 0 saturated heterocycles. The molecule has 0 aliphatic heterocycles. The van der Waals surface area contributed by atoms with Crippen LogP contribution >= 0.6 is 0 Å². The number of ether oxygens (including phenoxy) is 3. The fraction of sp³-hybridized carbons (Fsp3) is 0.478. The second-order valence-electron chi connectivity index (χ2n) is 14.5. The highest BCUT2D eigenvalue weighted by Gasteiger charge is 2.18. The van der Waals surface area contributed by atoms with Crippen molar-refractivity contribution in [2.75, 3.05) is 6.61 Å². The molecular formula is C46H62O3. The molecule has 0 unspecified atom stereocenters. The Labute approximate surface area is 298 Å². The van der Waals surface area contributed by atoms with Crippen LogP contribution < -0.4 is 14.2 Å². The molecule has 3 heteroatoms. The molecule has 0 heterocycles. The van der Waals surface area contributed by atoms with Crippen LogP contribution in [0.3, 0.4) is 0 Å². The van der Waals surface area contributed by atoms with Gasteiger partial charge >= 0.3 is 0 Å². The van der Waals surface area contributed by atoms with E-state index in [1.807, 2.05) is 36.4 Å². The molecule has 0 spiro atoms. The lowest BCUT2D eigenvalue weighted by Crippen LogP contribution is -2.22. The van der Waals surface area contributed by atoms with Crippen molar-refractivity contribution in [1.82, 2.24) is 0 Å². The average molecular weight is 663 g/mol. The van der Waals surface area contributed by atoms with E-state index in [9.17, 15) is 0 Å². The van der Waals surface area contributed by atoms with Gasteiger partial charge in [-0.25, -0.2) is 0 Å². The maximum absolute atomic E-state index is 6.72. The van der Waals surface area contributed by atoms with Crippen molar-refractivity contribution in [3.8, 4) is 45.3 Å². The van der Waals surface area contributed by atoms with E-state index in [4.69, 9.17) is 14.2 Å². The van der Waals surface area contributed by atoms with Crippen LogP contribution in [0.2, 0.25) is 0 Å². The Hall–Kier alpha value is -3.72. The van der Waals surface area contributed by atoms with E-state index in [1.54, 1.807) is 0 Å². The Bertz CT molecular complexity index is 1380. The summed E-state index contributed by atoms with van der Waals surface area (Å²) in [4.78, 5) is 0. The minimum absolute atomic E-state index is 0.259. The summed E-state index contributed by atoms with van der Waals surface area (Å²) in [5.74, 6) is 3.28. The Morgan fingerprint density at radius 1 is 0.449 bits per heavy atom. The third kappa shape index (κ3) is 14.3. The van der Waals surface area contributed by atoms with Crippen LogP contribution in [0.25, 0.3) is 22.3 Å². The monoisotopic (exact) mass is 662 g/mol. The predicted octanol–water partition coefficient (Wildman–Crippen LogP) is 14.6. The molecular weight excluding hydrogens is 601 g/mol. The second-order valence-corrected chi connectivity index (χ2v) is 14.5. The molecule has 49 heavy (non-hydrogen) atoms. The van der Waals surface area contributed by atoms with Crippen LogP contribution in [-0.2, 0) is 0 Å². The zero-order chi connectivity index (χ0) is 34.6. The molecule has 264 valence electrons. The summed E-state index contributed by atoms with van der Waals surface area (Å²) in [5.41, 5.74) is 3.95. The lowest BCUT2D eigenvalue weighted by atomic mass is 9.96. The van der Waals surface area contributed by atoms with Crippen molar-refractivity contribution in [3.05, 3.63) is 97.1 Å². The molecule has 0 aromatic heterocycles. The van der Waals surface area contributed by atoms with Gasteiger partial charge in [0.2, 0.25) is 0 Å². The van der Waals surface area contributed by atoms with Crippen molar-refractivity contribution in [2.24, 2.45) is 0 Å². The van der Waals surface area contributed by atoms with Gasteiger partial charge < -0.3 is 14.2 Å². The van der Waals surface area contributed by atoms with Gasteiger partial charge in [-0.3, -0.25) is 0 Å². The van der Waals surface area contributed by atoms with Crippen molar-refractivity contribution < 1.29 is 14.2 Å². The van der Waals surface area contributed by atoms with Crippen LogP contribution in [0.15, 0.2) is 97.1 Å². The van der Waals surface area contributed by atoms with Gasteiger partial charge in [-0.05, 0) is 74.7 Å². The van der Waals surface area contributed by atoms with E-state index in [-0.39, 0.29) is 5.60 Å². The lowest BCUT2D eigenvalue weighted by molar-refractivity contribution is 0.131. The minimum atomic E-state index is -0.259. The number of rotatable bonds is 23. The summed E-state index contributed by atoms with van der Waals surface area (Å²) in [6.45, 7) is 9.18. The molecule has 0 atom stereocenters. The van der Waals surface area contributed by atoms with Crippen LogP contribution in [0.4, 0.5) is 0 Å². The van der Waals surface area contributed by atoms with Crippen molar-refractivity contribution in [3.63, 3.8) is 0 Å². The normalized spacial score (nSPS) is 11.4. The fourth-order valence-corrected chi connectivity index (χ4v) is 6.35. The Kier molecular flexibility index (Phi) is 16.6. The Morgan fingerprint density at radius 2 is 0.857 bits per heavy atom. The zero-order valence-electron chi connectivity index (χ0n) is 31.0. The highest BCUT2D eigenvalue weighted by Crippen LogP contribution is 2.44. The number of hydrogen-bond donors (Lipinski definition) is 0. The van der Waals surface area contributed by atoms with Crippen molar-refractivity contribution in [1.29, 1.82) is 0 Å². The van der Waals surface area contributed by atoms with Crippen LogP contribution in [0.5, 0.6) is 23.0 Å². The smallest absolute Gasteiger partial charge is 0.143 e. The Balaban J connectivity index is 1.31. The van der Waals surface area contributed by atoms with Crippen LogP contribution in [-0.4, -0.2) is 12.2 Å². The van der Waals surface area contributed by atoms with Gasteiger partial charge in [-0.2, -0.15) is 0 Å². The standard InChI is InChI=1S/C46H62O3/c1-5-6-7-8-9-10-11-12-13-14-15-16-17-18-19-26-35-47-42-36-43(38-27-22-20-23-28-38)45(44(37-42)39-29-24-21-25-30-39)48-40-31-33-41(34-32-40)49-46(2,3)4/h20-25,27-34,36-37H,5-19,26,35H2,1-4H3. The third-order valence-corrected chi connectivity index (χ3v) is 8.97. The summed E-state index contributed by atoms with van der Waals surface area (Å²) in [6.07, 6.45) is 21.9. The first-order chi connectivity index (χ1) is 23.9. The molecule has 4 aromatic carbocycles. The maximum Gasteiger partial charge on any atom is 0.143 e. The SMILES string of the molecule is CCCCCCCCCCCCCCCCCCOc1cc(-c2ccccc2)c(Oc2ccc(OC(C)(C)C)cc2)c(-c2ccccc2)c1. The quantitative estimate of drug-likeness (QED) is 0.0740. The van der Waals surface area contributed by atoms with E-state index in [2.05, 4.69) is 88.4 Å². The van der Waals surface area contributed by atoms with Crippen LogP contribution in [0.1, 0.15) is 130 Å². The molecule has 0 aliphatic rings. The first-order valence-electron chi connectivity index (χ1n) is 19.3. The molecule has 0 aliphatic carbocycles. The molecule has 0 saturated carbocycles. The summed E-state index contributed by atoms with van der Waals surface area (Å²) in [6, 6.07) is 33.1. The largest absolute Gasteiger partial charge is 0.494 e. The molecule has 0 bridgehead atoms. The molecule has 0 N–H and O–H groups in total. The third-order valence-electron chi connectivity index (χ3n) is 8.97. The van der Waals surface area contributed by atoms with E-state index in [0.29, 0.717) is 0 Å². The molecule has 4 rings (SSSR count). The molecule has 0 radical (unpaired) electrons. The summed E-state index contributed by atoms with van der Waals surface area (Å²) < 4.78 is 19.2. The van der Waals surface area contributed by atoms with Gasteiger partial charge in [0.05, 0.1) is 6.61 Å². The van der Waals surface area contributed by atoms with Gasteiger partial charge in [0, 0.05) is 11.1 Å². The summed E-state index contributed by atoms with van der Waals surface area (Å²) in [5, 5.41) is 0. The Morgan fingerprint density at radius 3 is 1.29 bits per heavy atom. The first-order valence-corrected chi connectivity index (χ1v) is 19.3. The number of hydrogen-bond acceptors (Lipinski definition) is 3. The highest BCUT2D eigenvalue weighted by atomic mass is 16.5. The summed E-state index contributed by atoms with van der Waals surface area (Å²) in [7, 11) is 0. The van der Waals surface area contributed by atoms with Crippen molar-refractivity contribution >= 4 is 0 Å². The molecule has 0 fully saturated rings.